The van der Waals surface area contributed by atoms with Crippen molar-refractivity contribution in [2.75, 3.05) is 13.3 Å². The third-order valence-corrected chi connectivity index (χ3v) is 1.21. The van der Waals surface area contributed by atoms with E-state index in [9.17, 15) is 0 Å². The van der Waals surface area contributed by atoms with E-state index in [0.717, 1.165) is 5.17 Å². The normalized spacial score (nSPS) is 10.1. The highest BCUT2D eigenvalue weighted by Crippen LogP contribution is 1.89. The quantitative estimate of drug-likeness (QED) is 0.214. The lowest BCUT2D eigenvalue weighted by Gasteiger charge is -1.95. The molecule has 0 aromatic rings. The standard InChI is InChI=1S/C3H9N3S.HI/c1-5-3(6-4)7-2;/h4H2,1-2H3,(H,5,6);1H. The summed E-state index contributed by atoms with van der Waals surface area (Å²) in [5, 5.41) is 0.750. The summed E-state index contributed by atoms with van der Waals surface area (Å²) in [6.45, 7) is 0. The van der Waals surface area contributed by atoms with Crippen LogP contribution in [0.1, 0.15) is 0 Å². The largest absolute Gasteiger partial charge is 0.303 e. The van der Waals surface area contributed by atoms with Crippen LogP contribution in [0.15, 0.2) is 4.99 Å². The summed E-state index contributed by atoms with van der Waals surface area (Å²) in [6, 6.07) is 0. The molecule has 0 amide bonds. The van der Waals surface area contributed by atoms with Crippen molar-refractivity contribution >= 4 is 40.9 Å². The number of aliphatic imine (C=N–C) groups is 1. The topological polar surface area (TPSA) is 50.4 Å². The lowest BCUT2D eigenvalue weighted by molar-refractivity contribution is 1.04. The minimum atomic E-state index is 0. The van der Waals surface area contributed by atoms with Crippen LogP contribution in [0.2, 0.25) is 0 Å². The fraction of sp³-hybridized carbons (Fsp3) is 0.667. The van der Waals surface area contributed by atoms with Gasteiger partial charge in [0.15, 0.2) is 5.17 Å². The van der Waals surface area contributed by atoms with Crippen LogP contribution in [0.4, 0.5) is 0 Å². The maximum absolute atomic E-state index is 4.99. The fourth-order valence-electron chi connectivity index (χ4n) is 0.215. The molecular formula is C3H10IN3S. The second-order valence-corrected chi connectivity index (χ2v) is 1.67. The second-order valence-electron chi connectivity index (χ2n) is 0.877. The van der Waals surface area contributed by atoms with Gasteiger partial charge in [0.2, 0.25) is 0 Å². The Morgan fingerprint density at radius 2 is 2.25 bits per heavy atom. The van der Waals surface area contributed by atoms with E-state index in [1.807, 2.05) is 6.26 Å². The first kappa shape index (κ1) is 11.3. The Kier molecular flexibility index (Phi) is 10.6. The van der Waals surface area contributed by atoms with Crippen molar-refractivity contribution < 1.29 is 0 Å². The summed E-state index contributed by atoms with van der Waals surface area (Å²) in [7, 11) is 1.69. The number of thioether (sulfide) groups is 1. The minimum absolute atomic E-state index is 0. The van der Waals surface area contributed by atoms with Gasteiger partial charge in [-0.25, -0.2) is 5.84 Å². The van der Waals surface area contributed by atoms with Gasteiger partial charge in [-0.2, -0.15) is 0 Å². The zero-order valence-electron chi connectivity index (χ0n) is 4.84. The van der Waals surface area contributed by atoms with Crippen LogP contribution in [0, 0.1) is 0 Å². The van der Waals surface area contributed by atoms with Crippen LogP contribution >= 0.6 is 35.7 Å². The number of hydrogen-bond acceptors (Lipinski definition) is 3. The number of nitrogens with two attached hydrogens (primary N) is 1. The fourth-order valence-corrected chi connectivity index (χ4v) is 0.515. The van der Waals surface area contributed by atoms with Crippen LogP contribution in [0.5, 0.6) is 0 Å². The molecule has 0 fully saturated rings. The van der Waals surface area contributed by atoms with E-state index >= 15 is 0 Å². The van der Waals surface area contributed by atoms with E-state index in [-0.39, 0.29) is 24.0 Å². The van der Waals surface area contributed by atoms with E-state index in [1.54, 1.807) is 7.05 Å². The first-order valence-electron chi connectivity index (χ1n) is 1.82. The zero-order valence-corrected chi connectivity index (χ0v) is 7.99. The van der Waals surface area contributed by atoms with Crippen LogP contribution in [-0.2, 0) is 0 Å². The van der Waals surface area contributed by atoms with Gasteiger partial charge in [-0.3, -0.25) is 4.99 Å². The van der Waals surface area contributed by atoms with Crippen molar-refractivity contribution in [3.8, 4) is 0 Å². The Morgan fingerprint density at radius 3 is 2.25 bits per heavy atom. The molecule has 3 N–H and O–H groups in total. The van der Waals surface area contributed by atoms with E-state index < -0.39 is 0 Å². The van der Waals surface area contributed by atoms with Crippen LogP contribution in [0.25, 0.3) is 0 Å². The molecule has 0 heterocycles. The third kappa shape index (κ3) is 4.66. The Balaban J connectivity index is 0. The Morgan fingerprint density at radius 1 is 1.75 bits per heavy atom. The van der Waals surface area contributed by atoms with Gasteiger partial charge in [-0.05, 0) is 6.26 Å². The van der Waals surface area contributed by atoms with Gasteiger partial charge in [-0.15, -0.1) is 24.0 Å². The molecule has 0 aliphatic heterocycles. The maximum atomic E-state index is 4.99. The van der Waals surface area contributed by atoms with Gasteiger partial charge in [0, 0.05) is 7.05 Å². The van der Waals surface area contributed by atoms with Gasteiger partial charge in [-0.1, -0.05) is 11.8 Å². The molecule has 0 aliphatic rings. The molecule has 0 saturated heterocycles. The third-order valence-electron chi connectivity index (χ3n) is 0.520. The van der Waals surface area contributed by atoms with E-state index in [4.69, 9.17) is 5.84 Å². The Labute approximate surface area is 70.5 Å². The van der Waals surface area contributed by atoms with E-state index in [2.05, 4.69) is 10.4 Å². The summed E-state index contributed by atoms with van der Waals surface area (Å²) in [6.07, 6.45) is 1.90. The second kappa shape index (κ2) is 7.51. The lowest BCUT2D eigenvalue weighted by atomic mass is 11.2. The molecule has 0 spiro atoms. The number of hydrazine groups is 1. The van der Waals surface area contributed by atoms with Gasteiger partial charge in [0.25, 0.3) is 0 Å². The highest BCUT2D eigenvalue weighted by molar-refractivity contribution is 14.0. The molecule has 0 radical (unpaired) electrons. The van der Waals surface area contributed by atoms with Gasteiger partial charge in [0.05, 0.1) is 0 Å². The molecular weight excluding hydrogens is 237 g/mol. The molecule has 0 bridgehead atoms. The van der Waals surface area contributed by atoms with Crippen molar-refractivity contribution in [1.29, 1.82) is 0 Å². The molecule has 0 aromatic carbocycles. The van der Waals surface area contributed by atoms with Crippen LogP contribution in [0.3, 0.4) is 0 Å². The zero-order chi connectivity index (χ0) is 5.70. The molecule has 0 aliphatic carbocycles. The molecule has 0 rings (SSSR count). The summed E-state index contributed by atoms with van der Waals surface area (Å²) >= 11 is 1.48. The van der Waals surface area contributed by atoms with Gasteiger partial charge in [0.1, 0.15) is 0 Å². The average molecular weight is 247 g/mol. The lowest BCUT2D eigenvalue weighted by Crippen LogP contribution is -2.27. The number of hydrogen-bond donors (Lipinski definition) is 2. The molecule has 0 aromatic heterocycles. The van der Waals surface area contributed by atoms with E-state index in [1.165, 1.54) is 11.8 Å². The summed E-state index contributed by atoms with van der Waals surface area (Å²) in [4.78, 5) is 3.77. The van der Waals surface area contributed by atoms with Crippen molar-refractivity contribution in [3.63, 3.8) is 0 Å². The number of halogens is 1. The molecule has 8 heavy (non-hydrogen) atoms. The predicted molar refractivity (Wildman–Crippen MR) is 49.6 cm³/mol. The molecule has 5 heteroatoms. The van der Waals surface area contributed by atoms with Crippen molar-refractivity contribution in [2.24, 2.45) is 10.8 Å². The van der Waals surface area contributed by atoms with Crippen molar-refractivity contribution in [2.45, 2.75) is 0 Å². The number of rotatable bonds is 0. The van der Waals surface area contributed by atoms with Gasteiger partial charge >= 0.3 is 0 Å². The summed E-state index contributed by atoms with van der Waals surface area (Å²) in [5.74, 6) is 4.99. The van der Waals surface area contributed by atoms with Crippen LogP contribution in [-0.4, -0.2) is 18.5 Å². The maximum Gasteiger partial charge on any atom is 0.170 e. The number of amidine groups is 1. The predicted octanol–water partition coefficient (Wildman–Crippen LogP) is 0.417. The first-order valence-corrected chi connectivity index (χ1v) is 3.05. The monoisotopic (exact) mass is 247 g/mol. The summed E-state index contributed by atoms with van der Waals surface area (Å²) < 4.78 is 0. The number of nitrogens with one attached hydrogen (secondary N) is 1. The highest BCUT2D eigenvalue weighted by Gasteiger charge is 1.83. The van der Waals surface area contributed by atoms with Gasteiger partial charge < -0.3 is 5.43 Å². The van der Waals surface area contributed by atoms with Crippen molar-refractivity contribution in [1.82, 2.24) is 5.43 Å². The molecule has 3 nitrogen and oxygen atoms in total. The summed E-state index contributed by atoms with van der Waals surface area (Å²) in [5.41, 5.74) is 2.41. The molecule has 0 saturated carbocycles. The van der Waals surface area contributed by atoms with E-state index in [0.29, 0.717) is 0 Å². The average Bonchev–Trinajstić information content (AvgIpc) is 1.72. The SMILES string of the molecule is CN=C(NN)SC.I. The van der Waals surface area contributed by atoms with Crippen LogP contribution < -0.4 is 11.3 Å². The highest BCUT2D eigenvalue weighted by atomic mass is 127. The minimum Gasteiger partial charge on any atom is -0.303 e. The first-order chi connectivity index (χ1) is 3.35. The molecule has 0 atom stereocenters. The Hall–Kier alpha value is 0.510. The molecule has 50 valence electrons. The smallest absolute Gasteiger partial charge is 0.170 e. The number of nitrogens with zero attached hydrogens (tertiary/aromatic N) is 1. The van der Waals surface area contributed by atoms with Crippen molar-refractivity contribution in [3.05, 3.63) is 0 Å². The Bertz CT molecular complexity index is 68.9. The molecule has 0 unspecified atom stereocenters.